The number of rotatable bonds is 5. The fraction of sp³-hybridized carbons (Fsp3) is 0.211. The molecule has 0 unspecified atom stereocenters. The van der Waals surface area contributed by atoms with Crippen molar-refractivity contribution in [3.05, 3.63) is 53.3 Å². The first-order chi connectivity index (χ1) is 13.1. The van der Waals surface area contributed by atoms with Crippen molar-refractivity contribution < 1.29 is 14.3 Å². The van der Waals surface area contributed by atoms with Gasteiger partial charge < -0.3 is 19.9 Å². The highest BCUT2D eigenvalue weighted by Crippen LogP contribution is 2.31. The van der Waals surface area contributed by atoms with Gasteiger partial charge in [-0.15, -0.1) is 11.3 Å². The first kappa shape index (κ1) is 17.3. The molecule has 0 bridgehead atoms. The molecule has 138 valence electrons. The molecule has 7 nitrogen and oxygen atoms in total. The highest BCUT2D eigenvalue weighted by atomic mass is 32.1. The van der Waals surface area contributed by atoms with Gasteiger partial charge in [-0.1, -0.05) is 13.3 Å². The molecular formula is C19H18N4O3S. The number of fused-ring (bicyclic) bond motifs is 1. The van der Waals surface area contributed by atoms with Gasteiger partial charge in [0.05, 0.1) is 5.69 Å². The minimum absolute atomic E-state index is 0.0000762. The first-order valence-electron chi connectivity index (χ1n) is 8.65. The lowest BCUT2D eigenvalue weighted by Gasteiger charge is -2.18. The minimum atomic E-state index is -0.267. The van der Waals surface area contributed by atoms with Crippen molar-refractivity contribution in [1.82, 2.24) is 9.55 Å². The molecule has 0 saturated carbocycles. The van der Waals surface area contributed by atoms with Crippen molar-refractivity contribution in [3.63, 3.8) is 0 Å². The van der Waals surface area contributed by atoms with E-state index in [9.17, 15) is 9.59 Å². The standard InChI is InChI=1S/C19H18N4O3S/c1-2-5-15-17(22-19(27-15)23-8-3-4-9-23)18(25)20-12-6-7-14-13(10-12)21-16(24)11-26-14/h3-4,6-10H,2,5,11H2,1H3,(H,20,25)(H,21,24). The summed E-state index contributed by atoms with van der Waals surface area (Å²) in [6.45, 7) is 2.07. The van der Waals surface area contributed by atoms with Crippen molar-refractivity contribution >= 4 is 34.5 Å². The second-order valence-corrected chi connectivity index (χ2v) is 7.17. The van der Waals surface area contributed by atoms with Crippen LogP contribution in [0.25, 0.3) is 5.13 Å². The Kier molecular flexibility index (Phi) is 4.64. The quantitative estimate of drug-likeness (QED) is 0.708. The van der Waals surface area contributed by atoms with Gasteiger partial charge in [0.15, 0.2) is 11.7 Å². The number of hydrogen-bond donors (Lipinski definition) is 2. The largest absolute Gasteiger partial charge is 0.482 e. The molecule has 2 N–H and O–H groups in total. The van der Waals surface area contributed by atoms with E-state index in [0.29, 0.717) is 22.8 Å². The van der Waals surface area contributed by atoms with E-state index in [2.05, 4.69) is 22.5 Å². The van der Waals surface area contributed by atoms with E-state index >= 15 is 0 Å². The lowest BCUT2D eigenvalue weighted by atomic mass is 10.2. The maximum atomic E-state index is 12.8. The summed E-state index contributed by atoms with van der Waals surface area (Å²) in [7, 11) is 0. The number of carbonyl (C=O) groups is 2. The maximum absolute atomic E-state index is 12.8. The van der Waals surface area contributed by atoms with Crippen LogP contribution in [0.4, 0.5) is 11.4 Å². The van der Waals surface area contributed by atoms with Crippen LogP contribution in [0.1, 0.15) is 28.7 Å². The first-order valence-corrected chi connectivity index (χ1v) is 9.47. The number of thiazole rings is 1. The summed E-state index contributed by atoms with van der Waals surface area (Å²) in [5.74, 6) is 0.103. The molecule has 2 aromatic heterocycles. The van der Waals surface area contributed by atoms with Gasteiger partial charge in [0.2, 0.25) is 0 Å². The Bertz CT molecular complexity index is 995. The van der Waals surface area contributed by atoms with Crippen molar-refractivity contribution in [3.8, 4) is 10.9 Å². The van der Waals surface area contributed by atoms with Gasteiger partial charge in [0.25, 0.3) is 11.8 Å². The monoisotopic (exact) mass is 382 g/mol. The Morgan fingerprint density at radius 2 is 2.19 bits per heavy atom. The molecule has 1 aliphatic rings. The summed E-state index contributed by atoms with van der Waals surface area (Å²) < 4.78 is 7.23. The second-order valence-electron chi connectivity index (χ2n) is 6.11. The van der Waals surface area contributed by atoms with Crippen molar-refractivity contribution in [2.75, 3.05) is 17.2 Å². The number of hydrogen-bond acceptors (Lipinski definition) is 5. The molecule has 1 aliphatic heterocycles. The number of amides is 2. The number of benzene rings is 1. The van der Waals surface area contributed by atoms with Gasteiger partial charge in [-0.3, -0.25) is 9.59 Å². The Balaban J connectivity index is 1.59. The minimum Gasteiger partial charge on any atom is -0.482 e. The third kappa shape index (κ3) is 3.56. The summed E-state index contributed by atoms with van der Waals surface area (Å²) in [5, 5.41) is 6.37. The van der Waals surface area contributed by atoms with E-state index in [1.165, 1.54) is 11.3 Å². The highest BCUT2D eigenvalue weighted by molar-refractivity contribution is 7.14. The Morgan fingerprint density at radius 3 is 2.96 bits per heavy atom. The molecule has 0 spiro atoms. The molecule has 8 heteroatoms. The molecule has 2 amide bonds. The topological polar surface area (TPSA) is 85.3 Å². The average molecular weight is 382 g/mol. The molecule has 1 aromatic carbocycles. The van der Waals surface area contributed by atoms with Crippen LogP contribution < -0.4 is 15.4 Å². The number of carbonyl (C=O) groups excluding carboxylic acids is 2. The highest BCUT2D eigenvalue weighted by Gasteiger charge is 2.20. The summed E-state index contributed by atoms with van der Waals surface area (Å²) in [5.41, 5.74) is 1.55. The van der Waals surface area contributed by atoms with Crippen LogP contribution in [0.5, 0.6) is 5.75 Å². The van der Waals surface area contributed by atoms with Gasteiger partial charge >= 0.3 is 0 Å². The number of aryl methyl sites for hydroxylation is 1. The molecular weight excluding hydrogens is 364 g/mol. The fourth-order valence-electron chi connectivity index (χ4n) is 2.84. The number of ether oxygens (including phenoxy) is 1. The van der Waals surface area contributed by atoms with E-state index < -0.39 is 0 Å². The predicted molar refractivity (Wildman–Crippen MR) is 104 cm³/mol. The van der Waals surface area contributed by atoms with Crippen molar-refractivity contribution in [2.24, 2.45) is 0 Å². The van der Waals surface area contributed by atoms with Gasteiger partial charge in [-0.25, -0.2) is 4.98 Å². The third-order valence-corrected chi connectivity index (χ3v) is 5.20. The number of aromatic nitrogens is 2. The Labute approximate surface area is 160 Å². The van der Waals surface area contributed by atoms with Crippen LogP contribution in [0.2, 0.25) is 0 Å². The molecule has 0 saturated heterocycles. The summed E-state index contributed by atoms with van der Waals surface area (Å²) in [6, 6.07) is 8.99. The van der Waals surface area contributed by atoms with Crippen molar-refractivity contribution in [1.29, 1.82) is 0 Å². The molecule has 0 aliphatic carbocycles. The molecule has 0 fully saturated rings. The molecule has 27 heavy (non-hydrogen) atoms. The number of nitrogens with one attached hydrogen (secondary N) is 2. The third-order valence-electron chi connectivity index (χ3n) is 4.07. The maximum Gasteiger partial charge on any atom is 0.275 e. The van der Waals surface area contributed by atoms with Crippen LogP contribution >= 0.6 is 11.3 Å². The van der Waals surface area contributed by atoms with Crippen LogP contribution in [-0.4, -0.2) is 28.0 Å². The van der Waals surface area contributed by atoms with Gasteiger partial charge in [0.1, 0.15) is 11.4 Å². The van der Waals surface area contributed by atoms with E-state index in [0.717, 1.165) is 22.9 Å². The average Bonchev–Trinajstić information content (AvgIpc) is 3.31. The summed E-state index contributed by atoms with van der Waals surface area (Å²) in [6.07, 6.45) is 5.52. The lowest BCUT2D eigenvalue weighted by Crippen LogP contribution is -2.25. The number of nitrogens with zero attached hydrogens (tertiary/aromatic N) is 2. The predicted octanol–water partition coefficient (Wildman–Crippen LogP) is 3.47. The molecule has 0 atom stereocenters. The van der Waals surface area contributed by atoms with Crippen LogP contribution in [-0.2, 0) is 11.2 Å². The zero-order chi connectivity index (χ0) is 18.8. The molecule has 4 rings (SSSR count). The summed E-state index contributed by atoms with van der Waals surface area (Å²) >= 11 is 1.52. The zero-order valence-electron chi connectivity index (χ0n) is 14.7. The Morgan fingerprint density at radius 1 is 1.37 bits per heavy atom. The molecule has 3 aromatic rings. The van der Waals surface area contributed by atoms with Crippen LogP contribution in [0, 0.1) is 0 Å². The van der Waals surface area contributed by atoms with E-state index in [4.69, 9.17) is 4.74 Å². The van der Waals surface area contributed by atoms with Gasteiger partial charge in [-0.05, 0) is 36.8 Å². The second kappa shape index (κ2) is 7.24. The van der Waals surface area contributed by atoms with E-state index in [1.54, 1.807) is 18.2 Å². The zero-order valence-corrected chi connectivity index (χ0v) is 15.5. The van der Waals surface area contributed by atoms with Gasteiger partial charge in [0, 0.05) is 23.0 Å². The van der Waals surface area contributed by atoms with E-state index in [1.807, 2.05) is 29.1 Å². The molecule has 0 radical (unpaired) electrons. The van der Waals surface area contributed by atoms with Crippen LogP contribution in [0.15, 0.2) is 42.7 Å². The smallest absolute Gasteiger partial charge is 0.275 e. The van der Waals surface area contributed by atoms with Gasteiger partial charge in [-0.2, -0.15) is 0 Å². The van der Waals surface area contributed by atoms with Crippen molar-refractivity contribution in [2.45, 2.75) is 19.8 Å². The SMILES string of the molecule is CCCc1sc(-n2cccc2)nc1C(=O)Nc1ccc2c(c1)NC(=O)CO2. The fourth-order valence-corrected chi connectivity index (χ4v) is 3.96. The summed E-state index contributed by atoms with van der Waals surface area (Å²) in [4.78, 5) is 29.8. The van der Waals surface area contributed by atoms with Crippen LogP contribution in [0.3, 0.4) is 0 Å². The molecule has 3 heterocycles. The Hall–Kier alpha value is -3.13. The van der Waals surface area contributed by atoms with E-state index in [-0.39, 0.29) is 18.4 Å². The lowest BCUT2D eigenvalue weighted by molar-refractivity contribution is -0.118. The normalized spacial score (nSPS) is 12.9. The number of anilines is 2.